The summed E-state index contributed by atoms with van der Waals surface area (Å²) in [7, 11) is 0. The number of nitrogens with one attached hydrogen (secondary N) is 3. The lowest BCUT2D eigenvalue weighted by atomic mass is 10.2. The molecule has 0 aliphatic rings. The molecular weight excluding hydrogens is 386 g/mol. The Morgan fingerprint density at radius 2 is 2.03 bits per heavy atom. The number of aromatic amines is 1. The molecule has 158 valence electrons. The first-order chi connectivity index (χ1) is 14.5. The number of hydrogen-bond acceptors (Lipinski definition) is 6. The van der Waals surface area contributed by atoms with Crippen molar-refractivity contribution in [2.75, 3.05) is 13.1 Å². The highest BCUT2D eigenvalue weighted by Crippen LogP contribution is 2.08. The number of hydrogen-bond donors (Lipinski definition) is 3. The molecule has 0 saturated carbocycles. The van der Waals surface area contributed by atoms with Gasteiger partial charge in [0.25, 0.3) is 5.56 Å². The lowest BCUT2D eigenvalue weighted by Gasteiger charge is -2.21. The highest BCUT2D eigenvalue weighted by atomic mass is 16.3. The number of carbonyl (C=O) groups excluding carboxylic acids is 2. The smallest absolute Gasteiger partial charge is 0.321 e. The molecule has 3 rings (SSSR count). The number of fused-ring (bicyclic) bond motifs is 1. The standard InChI is InChI=1S/C21H25N5O4/c1-2-3-10-26(13-18-23-17-9-5-4-8-16(17)20(28)24-18)14-19(27)25-21(29)22-12-15-7-6-11-30-15/h4-9,11H,2-3,10,12-14H2,1H3,(H,23,24,28)(H2,22,25,27,29). The van der Waals surface area contributed by atoms with Gasteiger partial charge in [-0.2, -0.15) is 0 Å². The Kier molecular flexibility index (Phi) is 7.34. The van der Waals surface area contributed by atoms with Gasteiger partial charge in [0.15, 0.2) is 0 Å². The fraction of sp³-hybridized carbons (Fsp3) is 0.333. The quantitative estimate of drug-likeness (QED) is 0.496. The Morgan fingerprint density at radius 3 is 2.80 bits per heavy atom. The van der Waals surface area contributed by atoms with E-state index in [1.54, 1.807) is 30.3 Å². The Morgan fingerprint density at radius 1 is 1.20 bits per heavy atom. The molecule has 0 unspecified atom stereocenters. The largest absolute Gasteiger partial charge is 0.467 e. The number of aromatic nitrogens is 2. The van der Waals surface area contributed by atoms with Crippen molar-refractivity contribution in [2.45, 2.75) is 32.9 Å². The van der Waals surface area contributed by atoms with Crippen LogP contribution >= 0.6 is 0 Å². The van der Waals surface area contributed by atoms with Crippen molar-refractivity contribution >= 4 is 22.8 Å². The minimum absolute atomic E-state index is 0.00467. The van der Waals surface area contributed by atoms with Gasteiger partial charge in [-0.3, -0.25) is 19.8 Å². The predicted molar refractivity (Wildman–Crippen MR) is 112 cm³/mol. The van der Waals surface area contributed by atoms with Crippen molar-refractivity contribution < 1.29 is 14.0 Å². The van der Waals surface area contributed by atoms with Crippen LogP contribution < -0.4 is 16.2 Å². The summed E-state index contributed by atoms with van der Waals surface area (Å²) in [6.07, 6.45) is 3.33. The number of furan rings is 1. The van der Waals surface area contributed by atoms with Crippen molar-refractivity contribution in [1.29, 1.82) is 0 Å². The van der Waals surface area contributed by atoms with Crippen LogP contribution in [0.4, 0.5) is 4.79 Å². The number of imide groups is 1. The molecule has 3 amide bonds. The molecule has 0 atom stereocenters. The summed E-state index contributed by atoms with van der Waals surface area (Å²) in [5, 5.41) is 5.40. The van der Waals surface area contributed by atoms with Crippen molar-refractivity contribution in [3.05, 3.63) is 64.6 Å². The molecule has 0 aliphatic carbocycles. The van der Waals surface area contributed by atoms with Gasteiger partial charge in [-0.25, -0.2) is 9.78 Å². The van der Waals surface area contributed by atoms with E-state index in [1.807, 2.05) is 11.0 Å². The minimum atomic E-state index is -0.593. The number of nitrogens with zero attached hydrogens (tertiary/aromatic N) is 2. The third-order valence-corrected chi connectivity index (χ3v) is 4.49. The monoisotopic (exact) mass is 411 g/mol. The van der Waals surface area contributed by atoms with E-state index in [2.05, 4.69) is 27.5 Å². The van der Waals surface area contributed by atoms with Crippen LogP contribution in [0.25, 0.3) is 10.9 Å². The van der Waals surface area contributed by atoms with Crippen LogP contribution in [0, 0.1) is 0 Å². The first-order valence-electron chi connectivity index (χ1n) is 9.85. The second-order valence-electron chi connectivity index (χ2n) is 6.90. The molecule has 2 heterocycles. The first-order valence-corrected chi connectivity index (χ1v) is 9.85. The molecule has 1 aromatic carbocycles. The van der Waals surface area contributed by atoms with Gasteiger partial charge in [-0.15, -0.1) is 0 Å². The van der Waals surface area contributed by atoms with E-state index in [0.29, 0.717) is 35.6 Å². The summed E-state index contributed by atoms with van der Waals surface area (Å²) in [6.45, 7) is 3.17. The van der Waals surface area contributed by atoms with Gasteiger partial charge >= 0.3 is 6.03 Å². The Balaban J connectivity index is 1.60. The second-order valence-corrected chi connectivity index (χ2v) is 6.90. The van der Waals surface area contributed by atoms with Crippen molar-refractivity contribution in [3.63, 3.8) is 0 Å². The van der Waals surface area contributed by atoms with Crippen molar-refractivity contribution in [1.82, 2.24) is 25.5 Å². The zero-order valence-electron chi connectivity index (χ0n) is 16.8. The summed E-state index contributed by atoms with van der Waals surface area (Å²) in [4.78, 5) is 45.7. The Hall–Kier alpha value is -3.46. The summed E-state index contributed by atoms with van der Waals surface area (Å²) >= 11 is 0. The number of amides is 3. The van der Waals surface area contributed by atoms with Crippen LogP contribution in [0.5, 0.6) is 0 Å². The molecule has 0 aliphatic heterocycles. The second kappa shape index (κ2) is 10.4. The van der Waals surface area contributed by atoms with Gasteiger partial charge < -0.3 is 14.7 Å². The number of carbonyl (C=O) groups is 2. The zero-order valence-corrected chi connectivity index (χ0v) is 16.8. The highest BCUT2D eigenvalue weighted by molar-refractivity contribution is 5.95. The SMILES string of the molecule is CCCCN(CC(=O)NC(=O)NCc1ccco1)Cc1nc2ccccc2c(=O)[nH]1. The molecule has 3 N–H and O–H groups in total. The van der Waals surface area contributed by atoms with Crippen LogP contribution in [0.1, 0.15) is 31.4 Å². The predicted octanol–water partition coefficient (Wildman–Crippen LogP) is 2.14. The molecule has 0 spiro atoms. The maximum atomic E-state index is 12.3. The number of para-hydroxylation sites is 1. The number of H-pyrrole nitrogens is 1. The maximum absolute atomic E-state index is 12.3. The number of urea groups is 1. The molecular formula is C21H25N5O4. The molecule has 9 heteroatoms. The van der Waals surface area contributed by atoms with Crippen LogP contribution in [0.15, 0.2) is 51.9 Å². The Labute approximate surface area is 173 Å². The van der Waals surface area contributed by atoms with E-state index in [0.717, 1.165) is 12.8 Å². The average molecular weight is 411 g/mol. The molecule has 9 nitrogen and oxygen atoms in total. The number of rotatable bonds is 9. The van der Waals surface area contributed by atoms with E-state index in [4.69, 9.17) is 4.42 Å². The summed E-state index contributed by atoms with van der Waals surface area (Å²) in [5.74, 6) is 0.629. The van der Waals surface area contributed by atoms with Crippen molar-refractivity contribution in [2.24, 2.45) is 0 Å². The normalized spacial score (nSPS) is 11.0. The number of unbranched alkanes of at least 4 members (excludes halogenated alkanes) is 1. The van der Waals surface area contributed by atoms with Crippen LogP contribution in [0.2, 0.25) is 0 Å². The summed E-state index contributed by atoms with van der Waals surface area (Å²) < 4.78 is 5.13. The van der Waals surface area contributed by atoms with Crippen LogP contribution in [0.3, 0.4) is 0 Å². The summed E-state index contributed by atoms with van der Waals surface area (Å²) in [6, 6.07) is 9.96. The molecule has 30 heavy (non-hydrogen) atoms. The van der Waals surface area contributed by atoms with Gasteiger partial charge in [-0.05, 0) is 37.2 Å². The lowest BCUT2D eigenvalue weighted by Crippen LogP contribution is -2.44. The Bertz CT molecular complexity index is 1040. The summed E-state index contributed by atoms with van der Waals surface area (Å²) in [5.41, 5.74) is 0.390. The third-order valence-electron chi connectivity index (χ3n) is 4.49. The van der Waals surface area contributed by atoms with Gasteiger partial charge in [-0.1, -0.05) is 25.5 Å². The van der Waals surface area contributed by atoms with E-state index in [-0.39, 0.29) is 18.6 Å². The van der Waals surface area contributed by atoms with Gasteiger partial charge in [0, 0.05) is 0 Å². The van der Waals surface area contributed by atoms with Crippen LogP contribution in [-0.2, 0) is 17.9 Å². The lowest BCUT2D eigenvalue weighted by molar-refractivity contribution is -0.121. The van der Waals surface area contributed by atoms with E-state index >= 15 is 0 Å². The van der Waals surface area contributed by atoms with Crippen molar-refractivity contribution in [3.8, 4) is 0 Å². The molecule has 2 aromatic heterocycles. The fourth-order valence-electron chi connectivity index (χ4n) is 3.01. The maximum Gasteiger partial charge on any atom is 0.321 e. The topological polar surface area (TPSA) is 120 Å². The molecule has 0 fully saturated rings. The van der Waals surface area contributed by atoms with E-state index in [9.17, 15) is 14.4 Å². The number of benzene rings is 1. The van der Waals surface area contributed by atoms with E-state index in [1.165, 1.54) is 6.26 Å². The van der Waals surface area contributed by atoms with Gasteiger partial charge in [0.05, 0.1) is 36.8 Å². The molecule has 0 bridgehead atoms. The zero-order chi connectivity index (χ0) is 21.3. The van der Waals surface area contributed by atoms with E-state index < -0.39 is 11.9 Å². The average Bonchev–Trinajstić information content (AvgIpc) is 3.24. The third kappa shape index (κ3) is 6.02. The highest BCUT2D eigenvalue weighted by Gasteiger charge is 2.15. The molecule has 3 aromatic rings. The first kappa shape index (κ1) is 21.3. The molecule has 0 radical (unpaired) electrons. The molecule has 0 saturated heterocycles. The van der Waals surface area contributed by atoms with Crippen LogP contribution in [-0.4, -0.2) is 39.9 Å². The van der Waals surface area contributed by atoms with Gasteiger partial charge in [0.2, 0.25) is 5.91 Å². The van der Waals surface area contributed by atoms with Gasteiger partial charge in [0.1, 0.15) is 11.6 Å². The fourth-order valence-corrected chi connectivity index (χ4v) is 3.01. The minimum Gasteiger partial charge on any atom is -0.467 e.